The summed E-state index contributed by atoms with van der Waals surface area (Å²) in [4.78, 5) is 11.2. The Hall–Kier alpha value is -1.43. The van der Waals surface area contributed by atoms with Crippen molar-refractivity contribution in [1.29, 1.82) is 5.26 Å². The van der Waals surface area contributed by atoms with Gasteiger partial charge in [-0.2, -0.15) is 14.0 Å². The summed E-state index contributed by atoms with van der Waals surface area (Å²) in [6, 6.07) is 2.01. The van der Waals surface area contributed by atoms with E-state index in [-0.39, 0.29) is 29.1 Å². The molecule has 0 aliphatic carbocycles. The highest BCUT2D eigenvalue weighted by Crippen LogP contribution is 2.40. The number of halogens is 4. The van der Waals surface area contributed by atoms with E-state index in [2.05, 4.69) is 20.7 Å². The minimum absolute atomic E-state index is 0. The van der Waals surface area contributed by atoms with E-state index < -0.39 is 29.2 Å². The van der Waals surface area contributed by atoms with Gasteiger partial charge in [0.25, 0.3) is 0 Å². The van der Waals surface area contributed by atoms with Crippen LogP contribution >= 0.6 is 28.3 Å². The van der Waals surface area contributed by atoms with Crippen LogP contribution in [0.1, 0.15) is 24.1 Å². The highest BCUT2D eigenvalue weighted by Gasteiger charge is 2.49. The van der Waals surface area contributed by atoms with Crippen molar-refractivity contribution in [2.75, 3.05) is 6.61 Å². The fourth-order valence-corrected chi connectivity index (χ4v) is 2.07. The molecule has 0 aromatic heterocycles. The average Bonchev–Trinajstić information content (AvgIpc) is 2.39. The zero-order valence-electron chi connectivity index (χ0n) is 10.8. The van der Waals surface area contributed by atoms with Gasteiger partial charge in [-0.1, -0.05) is 15.9 Å². The summed E-state index contributed by atoms with van der Waals surface area (Å²) in [5.41, 5.74) is 4.73. The van der Waals surface area contributed by atoms with Crippen LogP contribution in [0.25, 0.3) is 0 Å². The van der Waals surface area contributed by atoms with Crippen molar-refractivity contribution in [3.63, 3.8) is 0 Å². The third kappa shape index (κ3) is 3.81. The number of nitrogens with two attached hydrogens (primary N) is 1. The van der Waals surface area contributed by atoms with E-state index >= 15 is 0 Å². The van der Waals surface area contributed by atoms with Crippen molar-refractivity contribution < 1.29 is 23.4 Å². The molecule has 0 fully saturated rings. The molecule has 0 amide bonds. The normalized spacial score (nSPS) is 12.0. The molecule has 0 aliphatic heterocycles. The summed E-state index contributed by atoms with van der Waals surface area (Å²) in [6.07, 6.45) is 0. The number of nitriles is 1. The van der Waals surface area contributed by atoms with Crippen LogP contribution in [0.2, 0.25) is 0 Å². The maximum atomic E-state index is 13.9. The summed E-state index contributed by atoms with van der Waals surface area (Å²) in [7, 11) is 0. The number of alkyl halides is 2. The molecule has 9 heteroatoms. The Morgan fingerprint density at radius 1 is 1.62 bits per heavy atom. The predicted molar refractivity (Wildman–Crippen MR) is 76.3 cm³/mol. The van der Waals surface area contributed by atoms with Crippen molar-refractivity contribution in [3.05, 3.63) is 27.7 Å². The van der Waals surface area contributed by atoms with Crippen LogP contribution in [0.4, 0.5) is 8.78 Å². The molecular formula is C12H12BrClF2N2O3. The van der Waals surface area contributed by atoms with Crippen LogP contribution in [0.15, 0.2) is 16.6 Å². The van der Waals surface area contributed by atoms with Crippen LogP contribution < -0.4 is 5.73 Å². The number of ether oxygens (including phenoxy) is 1. The third-order valence-corrected chi connectivity index (χ3v) is 3.23. The Morgan fingerprint density at radius 2 is 2.19 bits per heavy atom. The van der Waals surface area contributed by atoms with Gasteiger partial charge in [0.15, 0.2) is 0 Å². The molecule has 0 radical (unpaired) electrons. The monoisotopic (exact) mass is 384 g/mol. The van der Waals surface area contributed by atoms with Crippen LogP contribution in [0.5, 0.6) is 5.75 Å². The lowest BCUT2D eigenvalue weighted by atomic mass is 9.98. The lowest BCUT2D eigenvalue weighted by molar-refractivity contribution is -0.174. The van der Waals surface area contributed by atoms with Crippen molar-refractivity contribution in [2.45, 2.75) is 18.9 Å². The summed E-state index contributed by atoms with van der Waals surface area (Å²) in [5.74, 6) is -6.52. The van der Waals surface area contributed by atoms with Crippen molar-refractivity contribution >= 4 is 34.3 Å². The van der Waals surface area contributed by atoms with E-state index in [1.807, 2.05) is 0 Å². The molecule has 3 N–H and O–H groups in total. The molecule has 5 nitrogen and oxygen atoms in total. The average molecular weight is 386 g/mol. The smallest absolute Gasteiger partial charge is 0.379 e. The Labute approximate surface area is 134 Å². The molecule has 1 rings (SSSR count). The topological polar surface area (TPSA) is 96.3 Å². The second-order valence-electron chi connectivity index (χ2n) is 3.79. The molecule has 0 aliphatic rings. The van der Waals surface area contributed by atoms with Gasteiger partial charge in [0.05, 0.1) is 12.2 Å². The molecule has 0 spiro atoms. The van der Waals surface area contributed by atoms with Crippen molar-refractivity contribution in [1.82, 2.24) is 0 Å². The highest BCUT2D eigenvalue weighted by atomic mass is 79.9. The van der Waals surface area contributed by atoms with E-state index in [1.54, 1.807) is 6.07 Å². The summed E-state index contributed by atoms with van der Waals surface area (Å²) in [6.45, 7) is 1.15. The SMILES string of the molecule is CCOC(=O)C(F)(F)[C@@H](N)c1c(Br)ccc(C#N)c1O.Cl. The van der Waals surface area contributed by atoms with Gasteiger partial charge in [-0.3, -0.25) is 0 Å². The number of esters is 1. The number of nitrogens with zero attached hydrogens (tertiary/aromatic N) is 1. The van der Waals surface area contributed by atoms with E-state index in [4.69, 9.17) is 11.0 Å². The highest BCUT2D eigenvalue weighted by molar-refractivity contribution is 9.10. The first kappa shape index (κ1) is 19.6. The molecule has 1 atom stereocenters. The Kier molecular flexibility index (Phi) is 7.03. The Bertz CT molecular complexity index is 578. The van der Waals surface area contributed by atoms with Crippen LogP contribution in [-0.4, -0.2) is 23.6 Å². The molecule has 1 aromatic carbocycles. The van der Waals surface area contributed by atoms with E-state index in [0.717, 1.165) is 0 Å². The third-order valence-electron chi connectivity index (χ3n) is 2.53. The molecule has 0 saturated heterocycles. The predicted octanol–water partition coefficient (Wildman–Crippen LogP) is 2.65. The number of rotatable bonds is 4. The molecule has 21 heavy (non-hydrogen) atoms. The first-order chi connectivity index (χ1) is 9.27. The molecule has 0 bridgehead atoms. The second kappa shape index (κ2) is 7.54. The van der Waals surface area contributed by atoms with Gasteiger partial charge in [-0.05, 0) is 19.1 Å². The summed E-state index contributed by atoms with van der Waals surface area (Å²) < 4.78 is 32.0. The van der Waals surface area contributed by atoms with E-state index in [1.165, 1.54) is 19.1 Å². The number of carbonyl (C=O) groups is 1. The van der Waals surface area contributed by atoms with Crippen LogP contribution in [0, 0.1) is 11.3 Å². The lowest BCUT2D eigenvalue weighted by Crippen LogP contribution is -2.42. The quantitative estimate of drug-likeness (QED) is 0.777. The van der Waals surface area contributed by atoms with Crippen LogP contribution in [-0.2, 0) is 9.53 Å². The first-order valence-electron chi connectivity index (χ1n) is 5.49. The number of hydrogen-bond donors (Lipinski definition) is 2. The van der Waals surface area contributed by atoms with Crippen molar-refractivity contribution in [2.24, 2.45) is 5.73 Å². The maximum absolute atomic E-state index is 13.9. The summed E-state index contributed by atoms with van der Waals surface area (Å²) >= 11 is 2.96. The van der Waals surface area contributed by atoms with E-state index in [9.17, 15) is 18.7 Å². The van der Waals surface area contributed by atoms with Gasteiger partial charge in [0, 0.05) is 10.0 Å². The van der Waals surface area contributed by atoms with E-state index in [0.29, 0.717) is 0 Å². The zero-order chi connectivity index (χ0) is 15.5. The minimum atomic E-state index is -4.04. The number of aromatic hydroxyl groups is 1. The summed E-state index contributed by atoms with van der Waals surface area (Å²) in [5, 5.41) is 18.6. The zero-order valence-corrected chi connectivity index (χ0v) is 13.2. The van der Waals surface area contributed by atoms with Crippen molar-refractivity contribution in [3.8, 4) is 11.8 Å². The number of carbonyl (C=O) groups excluding carboxylic acids is 1. The lowest BCUT2D eigenvalue weighted by Gasteiger charge is -2.23. The van der Waals surface area contributed by atoms with Crippen LogP contribution in [0.3, 0.4) is 0 Å². The second-order valence-corrected chi connectivity index (χ2v) is 4.64. The molecule has 0 heterocycles. The van der Waals surface area contributed by atoms with Gasteiger partial charge in [-0.15, -0.1) is 12.4 Å². The largest absolute Gasteiger partial charge is 0.506 e. The molecule has 0 unspecified atom stereocenters. The number of phenolic OH excluding ortho intramolecular Hbond substituents is 1. The fourth-order valence-electron chi connectivity index (χ4n) is 1.51. The van der Waals surface area contributed by atoms with Gasteiger partial charge in [-0.25, -0.2) is 4.79 Å². The minimum Gasteiger partial charge on any atom is -0.506 e. The maximum Gasteiger partial charge on any atom is 0.379 e. The number of phenols is 1. The molecule has 116 valence electrons. The van der Waals surface area contributed by atoms with Gasteiger partial charge >= 0.3 is 11.9 Å². The van der Waals surface area contributed by atoms with Gasteiger partial charge < -0.3 is 15.6 Å². The molecular weight excluding hydrogens is 373 g/mol. The standard InChI is InChI=1S/C12H11BrF2N2O3.ClH/c1-2-20-11(19)12(14,15)10(17)8-7(13)4-3-6(5-16)9(8)18;/h3-4,10,18H,2,17H2,1H3;1H/t10-;/m0./s1. The Balaban J connectivity index is 0.00000400. The number of hydrogen-bond acceptors (Lipinski definition) is 5. The fraction of sp³-hybridized carbons (Fsp3) is 0.333. The first-order valence-corrected chi connectivity index (χ1v) is 6.28. The van der Waals surface area contributed by atoms with Gasteiger partial charge in [0.1, 0.15) is 17.9 Å². The van der Waals surface area contributed by atoms with Gasteiger partial charge in [0.2, 0.25) is 0 Å². The Morgan fingerprint density at radius 3 is 2.67 bits per heavy atom. The molecule has 0 saturated carbocycles. The number of benzene rings is 1. The molecule has 1 aromatic rings.